The van der Waals surface area contributed by atoms with Crippen molar-refractivity contribution in [3.63, 3.8) is 0 Å². The summed E-state index contributed by atoms with van der Waals surface area (Å²) in [6.07, 6.45) is -9.71. The average molecular weight is 923 g/mol. The molecule has 3 rings (SSSR count). The van der Waals surface area contributed by atoms with Crippen LogP contribution in [0.1, 0.15) is 5.56 Å². The fraction of sp³-hybridized carbons (Fsp3) is 0.300. The van der Waals surface area contributed by atoms with Crippen molar-refractivity contribution in [1.82, 2.24) is 0 Å². The van der Waals surface area contributed by atoms with Crippen LogP contribution < -0.4 is 9.84 Å². The Labute approximate surface area is 247 Å². The highest BCUT2D eigenvalue weighted by atomic mass is 127. The maximum atomic E-state index is 12.4. The molecular weight excluding hydrogens is 908 g/mol. The molecule has 1 aliphatic heterocycles. The van der Waals surface area contributed by atoms with Gasteiger partial charge in [-0.3, -0.25) is 4.79 Å². The van der Waals surface area contributed by atoms with E-state index in [1.165, 1.54) is 0 Å². The number of aliphatic hydroxyl groups excluding tert-OH is 3. The Morgan fingerprint density at radius 2 is 1.47 bits per heavy atom. The molecule has 1 saturated heterocycles. The summed E-state index contributed by atoms with van der Waals surface area (Å²) in [5.74, 6) is -1.42. The first kappa shape index (κ1) is 28.3. The van der Waals surface area contributed by atoms with Crippen molar-refractivity contribution >= 4 is 102 Å². The summed E-state index contributed by atoms with van der Waals surface area (Å²) < 4.78 is 18.6. The zero-order valence-corrected chi connectivity index (χ0v) is 25.3. The lowest BCUT2D eigenvalue weighted by Crippen LogP contribution is -2.62. The average Bonchev–Trinajstić information content (AvgIpc) is 2.74. The lowest BCUT2D eigenvalue weighted by molar-refractivity contribution is -0.346. The van der Waals surface area contributed by atoms with E-state index in [2.05, 4.69) is 0 Å². The maximum absolute atomic E-state index is 12.4. The Bertz CT molecular complexity index is 1060. The molecule has 1 heterocycles. The van der Waals surface area contributed by atoms with Gasteiger partial charge in [-0.05, 0) is 120 Å². The normalized spacial score (nSPS) is 24.5. The van der Waals surface area contributed by atoms with Crippen LogP contribution in [0, 0.1) is 14.3 Å². The highest BCUT2D eigenvalue weighted by Gasteiger charge is 2.46. The Morgan fingerprint density at radius 3 is 2.00 bits per heavy atom. The number of ether oxygens (including phenoxy) is 3. The molecular formula is C20H15I4O10-. The van der Waals surface area contributed by atoms with E-state index < -0.39 is 42.6 Å². The van der Waals surface area contributed by atoms with Crippen molar-refractivity contribution in [2.45, 2.75) is 37.1 Å². The van der Waals surface area contributed by atoms with Crippen molar-refractivity contribution in [2.24, 2.45) is 0 Å². The number of phenolic OH excluding ortho intramolecular Hbond substituents is 1. The van der Waals surface area contributed by atoms with E-state index in [-0.39, 0.29) is 12.2 Å². The Kier molecular flexibility index (Phi) is 9.87. The summed E-state index contributed by atoms with van der Waals surface area (Å²) in [7, 11) is 0. The van der Waals surface area contributed by atoms with E-state index in [1.54, 1.807) is 24.3 Å². The second kappa shape index (κ2) is 11.9. The molecule has 10 nitrogen and oxygen atoms in total. The molecule has 0 bridgehead atoms. The van der Waals surface area contributed by atoms with Crippen molar-refractivity contribution < 1.29 is 49.3 Å². The number of benzene rings is 2. The molecule has 2 aromatic carbocycles. The number of halogens is 4. The van der Waals surface area contributed by atoms with Gasteiger partial charge in [-0.1, -0.05) is 0 Å². The quantitative estimate of drug-likeness (QED) is 0.245. The minimum atomic E-state index is -1.97. The number of hydrogen-bond donors (Lipinski definition) is 4. The number of aliphatic carboxylic acids is 1. The third kappa shape index (κ3) is 6.54. The SMILES string of the molecule is O=C(Cc1cc(I)c(Oc2cc(I)c(O)c(I)c2)c(I)c1)O[C@@H]1O[C@H](C(=O)[O-])[C@@H](O)[C@H](O)[C@H]1O. The van der Waals surface area contributed by atoms with Crippen molar-refractivity contribution in [3.05, 3.63) is 44.1 Å². The number of hydrogen-bond acceptors (Lipinski definition) is 10. The number of rotatable bonds is 6. The first-order valence-electron chi connectivity index (χ1n) is 9.32. The number of carbonyl (C=O) groups excluding carboxylic acids is 2. The predicted octanol–water partition coefficient (Wildman–Crippen LogP) is 1.25. The molecule has 0 aliphatic carbocycles. The number of carboxylic acid groups (broad SMARTS) is 1. The van der Waals surface area contributed by atoms with Crippen LogP contribution in [0.4, 0.5) is 0 Å². The van der Waals surface area contributed by atoms with Gasteiger partial charge in [0.15, 0.2) is 5.75 Å². The molecule has 5 atom stereocenters. The summed E-state index contributed by atoms with van der Waals surface area (Å²) in [5, 5.41) is 50.5. The first-order valence-corrected chi connectivity index (χ1v) is 13.6. The standard InChI is InChI=1S/C20H16I4O10/c21-8-4-7(5-9(22)13(8)26)32-17-10(23)1-6(2-11(17)24)3-12(25)33-20-16(29)14(27)15(28)18(34-20)19(30)31/h1-2,4-5,14-16,18,20,26-29H,3H2,(H,30,31)/p-1/t14-,15-,16+,18-,20+/m0/s1. The third-order valence-electron chi connectivity index (χ3n) is 4.67. The lowest BCUT2D eigenvalue weighted by Gasteiger charge is -2.40. The molecule has 0 unspecified atom stereocenters. The monoisotopic (exact) mass is 923 g/mol. The molecule has 2 aromatic rings. The summed E-state index contributed by atoms with van der Waals surface area (Å²) >= 11 is 8.10. The van der Waals surface area contributed by atoms with Gasteiger partial charge in [-0.25, -0.2) is 0 Å². The zero-order chi connectivity index (χ0) is 25.3. The van der Waals surface area contributed by atoms with Gasteiger partial charge in [-0.15, -0.1) is 0 Å². The second-order valence-electron chi connectivity index (χ2n) is 7.11. The van der Waals surface area contributed by atoms with Gasteiger partial charge in [0.1, 0.15) is 35.9 Å². The fourth-order valence-electron chi connectivity index (χ4n) is 3.01. The molecule has 0 saturated carbocycles. The Hall–Kier alpha value is -0.260. The van der Waals surface area contributed by atoms with Gasteiger partial charge in [0.25, 0.3) is 0 Å². The van der Waals surface area contributed by atoms with Gasteiger partial charge in [0.05, 0.1) is 26.7 Å². The molecule has 184 valence electrons. The van der Waals surface area contributed by atoms with Crippen LogP contribution in [0.3, 0.4) is 0 Å². The summed E-state index contributed by atoms with van der Waals surface area (Å²) in [6.45, 7) is 0. The van der Waals surface area contributed by atoms with E-state index in [4.69, 9.17) is 14.2 Å². The second-order valence-corrected chi connectivity index (χ2v) is 11.8. The first-order chi connectivity index (χ1) is 15.9. The number of esters is 1. The fourth-order valence-corrected chi connectivity index (χ4v) is 6.84. The topological polar surface area (TPSA) is 166 Å². The minimum absolute atomic E-state index is 0.173. The highest BCUT2D eigenvalue weighted by Crippen LogP contribution is 2.37. The van der Waals surface area contributed by atoms with E-state index in [9.17, 15) is 35.1 Å². The van der Waals surface area contributed by atoms with Gasteiger partial charge < -0.3 is 44.5 Å². The smallest absolute Gasteiger partial charge is 0.312 e. The Balaban J connectivity index is 1.71. The van der Waals surface area contributed by atoms with Crippen LogP contribution in [0.5, 0.6) is 17.2 Å². The number of carboxylic acids is 1. The van der Waals surface area contributed by atoms with Gasteiger partial charge in [0, 0.05) is 0 Å². The zero-order valence-electron chi connectivity index (χ0n) is 16.7. The van der Waals surface area contributed by atoms with Gasteiger partial charge in [-0.2, -0.15) is 0 Å². The molecule has 14 heteroatoms. The van der Waals surface area contributed by atoms with Gasteiger partial charge >= 0.3 is 5.97 Å². The van der Waals surface area contributed by atoms with E-state index >= 15 is 0 Å². The minimum Gasteiger partial charge on any atom is -0.547 e. The number of aliphatic hydroxyl groups is 3. The van der Waals surface area contributed by atoms with Crippen molar-refractivity contribution in [1.29, 1.82) is 0 Å². The third-order valence-corrected chi connectivity index (χ3v) is 7.91. The molecule has 0 amide bonds. The van der Waals surface area contributed by atoms with Crippen molar-refractivity contribution in [3.8, 4) is 17.2 Å². The molecule has 1 aliphatic rings. The summed E-state index contributed by atoms with van der Waals surface area (Å²) in [6, 6.07) is 6.76. The van der Waals surface area contributed by atoms with Crippen LogP contribution in [-0.4, -0.2) is 63.1 Å². The maximum Gasteiger partial charge on any atom is 0.312 e. The van der Waals surface area contributed by atoms with Crippen LogP contribution in [0.2, 0.25) is 0 Å². The molecule has 4 N–H and O–H groups in total. The van der Waals surface area contributed by atoms with Gasteiger partial charge in [0.2, 0.25) is 6.29 Å². The van der Waals surface area contributed by atoms with Crippen LogP contribution >= 0.6 is 90.4 Å². The number of carbonyl (C=O) groups is 2. The van der Waals surface area contributed by atoms with Crippen LogP contribution in [0.15, 0.2) is 24.3 Å². The molecule has 1 fully saturated rings. The van der Waals surface area contributed by atoms with E-state index in [0.717, 1.165) is 0 Å². The lowest BCUT2D eigenvalue weighted by atomic mass is 9.99. The number of aromatic hydroxyl groups is 1. The molecule has 0 aromatic heterocycles. The summed E-state index contributed by atoms with van der Waals surface area (Å²) in [4.78, 5) is 23.5. The molecule has 0 spiro atoms. The highest BCUT2D eigenvalue weighted by molar-refractivity contribution is 14.1. The van der Waals surface area contributed by atoms with Crippen LogP contribution in [0.25, 0.3) is 0 Å². The van der Waals surface area contributed by atoms with Crippen molar-refractivity contribution in [2.75, 3.05) is 0 Å². The predicted molar refractivity (Wildman–Crippen MR) is 147 cm³/mol. The van der Waals surface area contributed by atoms with E-state index in [1.807, 2.05) is 90.4 Å². The number of phenols is 1. The molecule has 34 heavy (non-hydrogen) atoms. The largest absolute Gasteiger partial charge is 0.547 e. The summed E-state index contributed by atoms with van der Waals surface area (Å²) in [5.41, 5.74) is 0.545. The van der Waals surface area contributed by atoms with Crippen LogP contribution in [-0.2, 0) is 25.5 Å². The Morgan fingerprint density at radius 1 is 0.912 bits per heavy atom. The van der Waals surface area contributed by atoms with E-state index in [0.29, 0.717) is 31.3 Å². The molecule has 0 radical (unpaired) electrons.